The number of nitrogens with zero attached hydrogens (tertiary/aromatic N) is 3. The molecule has 108 valence electrons. The van der Waals surface area contributed by atoms with Crippen LogP contribution in [0.2, 0.25) is 0 Å². The van der Waals surface area contributed by atoms with Crippen LogP contribution >= 0.6 is 11.3 Å². The lowest BCUT2D eigenvalue weighted by Crippen LogP contribution is -2.31. The molecule has 2 aromatic rings. The molecule has 7 nitrogen and oxygen atoms in total. The minimum Gasteiger partial charge on any atom is -0.378 e. The minimum atomic E-state index is -0.268. The third kappa shape index (κ3) is 4.98. The van der Waals surface area contributed by atoms with Crippen LogP contribution in [0.5, 0.6) is 0 Å². The standard InChI is InChI=1S/C12H17N5O2S/c1-10-9-14-12(20-10)16-11(18)13-4-7-19-8-6-17-5-2-3-15-17/h2-3,5,9H,4,6-8H2,1H3,(H2,13,14,16,18). The summed E-state index contributed by atoms with van der Waals surface area (Å²) in [4.78, 5) is 16.6. The predicted octanol–water partition coefficient (Wildman–Crippen LogP) is 1.49. The van der Waals surface area contributed by atoms with Crippen LogP contribution in [-0.4, -0.2) is 40.6 Å². The van der Waals surface area contributed by atoms with Crippen LogP contribution in [0, 0.1) is 6.92 Å². The Hall–Kier alpha value is -1.93. The first kappa shape index (κ1) is 14.5. The van der Waals surface area contributed by atoms with Gasteiger partial charge in [-0.25, -0.2) is 9.78 Å². The number of carbonyl (C=O) groups is 1. The number of rotatable bonds is 7. The van der Waals surface area contributed by atoms with Gasteiger partial charge in [0.05, 0.1) is 19.8 Å². The molecule has 8 heteroatoms. The number of hydrogen-bond donors (Lipinski definition) is 2. The number of carbonyl (C=O) groups excluding carboxylic acids is 1. The summed E-state index contributed by atoms with van der Waals surface area (Å²) in [6.07, 6.45) is 5.33. The maximum absolute atomic E-state index is 11.5. The number of thiazole rings is 1. The molecular formula is C12H17N5O2S. The van der Waals surface area contributed by atoms with E-state index in [1.807, 2.05) is 19.2 Å². The lowest BCUT2D eigenvalue weighted by atomic mass is 10.6. The van der Waals surface area contributed by atoms with Gasteiger partial charge in [-0.05, 0) is 13.0 Å². The van der Waals surface area contributed by atoms with Gasteiger partial charge in [0.2, 0.25) is 0 Å². The molecule has 20 heavy (non-hydrogen) atoms. The highest BCUT2D eigenvalue weighted by Crippen LogP contribution is 2.15. The van der Waals surface area contributed by atoms with Crippen molar-refractivity contribution in [2.24, 2.45) is 0 Å². The smallest absolute Gasteiger partial charge is 0.321 e. The van der Waals surface area contributed by atoms with E-state index in [2.05, 4.69) is 20.7 Å². The Kier molecular flexibility index (Phi) is 5.51. The normalized spacial score (nSPS) is 10.4. The molecule has 2 aromatic heterocycles. The van der Waals surface area contributed by atoms with E-state index < -0.39 is 0 Å². The van der Waals surface area contributed by atoms with Crippen LogP contribution in [0.1, 0.15) is 4.88 Å². The molecule has 0 aromatic carbocycles. The second-order valence-corrected chi connectivity index (χ2v) is 5.27. The second-order valence-electron chi connectivity index (χ2n) is 4.04. The van der Waals surface area contributed by atoms with Crippen LogP contribution in [0.3, 0.4) is 0 Å². The number of hydrogen-bond acceptors (Lipinski definition) is 5. The molecule has 0 spiro atoms. The Labute approximate surface area is 121 Å². The molecule has 0 unspecified atom stereocenters. The van der Waals surface area contributed by atoms with E-state index >= 15 is 0 Å². The molecule has 2 amide bonds. The number of nitrogens with one attached hydrogen (secondary N) is 2. The molecule has 0 aliphatic heterocycles. The molecule has 0 saturated heterocycles. The zero-order valence-electron chi connectivity index (χ0n) is 11.2. The average Bonchev–Trinajstić information content (AvgIpc) is 3.05. The first-order valence-corrected chi connectivity index (χ1v) is 7.08. The quantitative estimate of drug-likeness (QED) is 0.758. The van der Waals surface area contributed by atoms with E-state index in [1.165, 1.54) is 11.3 Å². The van der Waals surface area contributed by atoms with E-state index in [9.17, 15) is 4.79 Å². The van der Waals surface area contributed by atoms with Crippen LogP contribution in [-0.2, 0) is 11.3 Å². The van der Waals surface area contributed by atoms with Crippen LogP contribution in [0.15, 0.2) is 24.7 Å². The van der Waals surface area contributed by atoms with Crippen LogP contribution < -0.4 is 10.6 Å². The highest BCUT2D eigenvalue weighted by atomic mass is 32.1. The summed E-state index contributed by atoms with van der Waals surface area (Å²) in [6.45, 7) is 4.13. The van der Waals surface area contributed by atoms with Gasteiger partial charge in [-0.2, -0.15) is 5.10 Å². The Morgan fingerprint density at radius 1 is 1.50 bits per heavy atom. The van der Waals surface area contributed by atoms with Crippen LogP contribution in [0.25, 0.3) is 0 Å². The third-order valence-corrected chi connectivity index (χ3v) is 3.23. The molecule has 0 bridgehead atoms. The van der Waals surface area contributed by atoms with Crippen molar-refractivity contribution >= 4 is 22.5 Å². The Morgan fingerprint density at radius 3 is 3.10 bits per heavy atom. The molecule has 0 aliphatic rings. The molecule has 0 atom stereocenters. The summed E-state index contributed by atoms with van der Waals surface area (Å²) in [5, 5.41) is 10.0. The summed E-state index contributed by atoms with van der Waals surface area (Å²) in [6, 6.07) is 1.60. The van der Waals surface area contributed by atoms with Gasteiger partial charge in [0.15, 0.2) is 5.13 Å². The van der Waals surface area contributed by atoms with Gasteiger partial charge in [0.1, 0.15) is 0 Å². The highest BCUT2D eigenvalue weighted by Gasteiger charge is 2.03. The first-order valence-electron chi connectivity index (χ1n) is 6.26. The largest absolute Gasteiger partial charge is 0.378 e. The van der Waals surface area contributed by atoms with E-state index in [-0.39, 0.29) is 6.03 Å². The fourth-order valence-electron chi connectivity index (χ4n) is 1.48. The van der Waals surface area contributed by atoms with Crippen molar-refractivity contribution in [3.8, 4) is 0 Å². The summed E-state index contributed by atoms with van der Waals surface area (Å²) in [7, 11) is 0. The second kappa shape index (κ2) is 7.61. The van der Waals surface area contributed by atoms with Gasteiger partial charge in [-0.3, -0.25) is 10.00 Å². The number of amides is 2. The van der Waals surface area contributed by atoms with Gasteiger partial charge < -0.3 is 10.1 Å². The monoisotopic (exact) mass is 295 g/mol. The Balaban J connectivity index is 1.51. The first-order chi connectivity index (χ1) is 9.74. The van der Waals surface area contributed by atoms with Gasteiger partial charge in [-0.15, -0.1) is 11.3 Å². The fourth-order valence-corrected chi connectivity index (χ4v) is 2.14. The topological polar surface area (TPSA) is 81.1 Å². The van der Waals surface area contributed by atoms with Gasteiger partial charge >= 0.3 is 6.03 Å². The summed E-state index contributed by atoms with van der Waals surface area (Å²) >= 11 is 1.44. The highest BCUT2D eigenvalue weighted by molar-refractivity contribution is 7.15. The molecule has 0 fully saturated rings. The van der Waals surface area contributed by atoms with E-state index in [0.717, 1.165) is 4.88 Å². The summed E-state index contributed by atoms with van der Waals surface area (Å²) < 4.78 is 7.19. The van der Waals surface area contributed by atoms with E-state index in [1.54, 1.807) is 17.1 Å². The summed E-state index contributed by atoms with van der Waals surface area (Å²) in [5.41, 5.74) is 0. The number of aryl methyl sites for hydroxylation is 1. The lowest BCUT2D eigenvalue weighted by molar-refractivity contribution is 0.126. The van der Waals surface area contributed by atoms with Crippen molar-refractivity contribution in [1.82, 2.24) is 20.1 Å². The average molecular weight is 295 g/mol. The molecule has 0 radical (unpaired) electrons. The predicted molar refractivity (Wildman–Crippen MR) is 76.9 cm³/mol. The Morgan fingerprint density at radius 2 is 2.40 bits per heavy atom. The molecule has 2 N–H and O–H groups in total. The molecule has 2 rings (SSSR count). The minimum absolute atomic E-state index is 0.268. The van der Waals surface area contributed by atoms with Crippen molar-refractivity contribution in [3.63, 3.8) is 0 Å². The van der Waals surface area contributed by atoms with Crippen molar-refractivity contribution in [2.75, 3.05) is 25.1 Å². The maximum Gasteiger partial charge on any atom is 0.321 e. The van der Waals surface area contributed by atoms with Crippen molar-refractivity contribution in [1.29, 1.82) is 0 Å². The molecule has 0 saturated carbocycles. The fraction of sp³-hybridized carbons (Fsp3) is 0.417. The molecular weight excluding hydrogens is 278 g/mol. The zero-order valence-corrected chi connectivity index (χ0v) is 12.0. The van der Waals surface area contributed by atoms with Gasteiger partial charge in [0.25, 0.3) is 0 Å². The van der Waals surface area contributed by atoms with Crippen LogP contribution in [0.4, 0.5) is 9.93 Å². The van der Waals surface area contributed by atoms with Gasteiger partial charge in [0, 0.05) is 30.0 Å². The van der Waals surface area contributed by atoms with Crippen molar-refractivity contribution in [2.45, 2.75) is 13.5 Å². The number of urea groups is 1. The lowest BCUT2D eigenvalue weighted by Gasteiger charge is -2.06. The Bertz CT molecular complexity index is 526. The van der Waals surface area contributed by atoms with E-state index in [4.69, 9.17) is 4.74 Å². The SMILES string of the molecule is Cc1cnc(NC(=O)NCCOCCn2cccn2)s1. The molecule has 2 heterocycles. The maximum atomic E-state index is 11.5. The van der Waals surface area contributed by atoms with E-state index in [0.29, 0.717) is 31.4 Å². The van der Waals surface area contributed by atoms with Crippen molar-refractivity contribution in [3.05, 3.63) is 29.5 Å². The number of anilines is 1. The third-order valence-electron chi connectivity index (χ3n) is 2.40. The van der Waals surface area contributed by atoms with Gasteiger partial charge in [-0.1, -0.05) is 0 Å². The number of ether oxygens (including phenoxy) is 1. The number of aromatic nitrogens is 3. The van der Waals surface area contributed by atoms with Crippen molar-refractivity contribution < 1.29 is 9.53 Å². The summed E-state index contributed by atoms with van der Waals surface area (Å²) in [5.74, 6) is 0. The zero-order chi connectivity index (χ0) is 14.2. The molecule has 0 aliphatic carbocycles.